The van der Waals surface area contributed by atoms with Crippen LogP contribution in [0, 0.1) is 10.1 Å². The van der Waals surface area contributed by atoms with Gasteiger partial charge in [-0.2, -0.15) is 0 Å². The summed E-state index contributed by atoms with van der Waals surface area (Å²) in [6.07, 6.45) is 0.269. The van der Waals surface area contributed by atoms with Crippen LogP contribution in [-0.4, -0.2) is 20.0 Å². The van der Waals surface area contributed by atoms with Gasteiger partial charge in [0.05, 0.1) is 0 Å². The van der Waals surface area contributed by atoms with E-state index in [-0.39, 0.29) is 11.6 Å². The minimum atomic E-state index is -0.802. The quantitative estimate of drug-likeness (QED) is 0.479. The molecule has 1 aromatic rings. The van der Waals surface area contributed by atoms with Crippen LogP contribution in [0.15, 0.2) is 6.20 Å². The van der Waals surface area contributed by atoms with Crippen molar-refractivity contribution in [2.75, 3.05) is 0 Å². The van der Waals surface area contributed by atoms with E-state index in [1.807, 2.05) is 0 Å². The summed E-state index contributed by atoms with van der Waals surface area (Å²) < 4.78 is 0. The van der Waals surface area contributed by atoms with Crippen molar-refractivity contribution in [3.05, 3.63) is 22.1 Å². The fourth-order valence-electron chi connectivity index (χ4n) is 0.632. The summed E-state index contributed by atoms with van der Waals surface area (Å²) in [6, 6.07) is 0. The molecule has 0 bridgehead atoms. The third-order valence-corrected chi connectivity index (χ3v) is 1.17. The summed E-state index contributed by atoms with van der Waals surface area (Å²) in [5, 5.41) is 19.0. The Kier molecular flexibility index (Phi) is 1.86. The van der Waals surface area contributed by atoms with Gasteiger partial charge in [0, 0.05) is 0 Å². The largest absolute Gasteiger partial charge is 0.383 e. The van der Waals surface area contributed by atoms with Gasteiger partial charge in [-0.25, -0.2) is 9.97 Å². The minimum Gasteiger partial charge on any atom is -0.383 e. The topological polar surface area (TPSA) is 92.1 Å². The number of hydrogen-bond acceptors (Lipinski definition) is 4. The van der Waals surface area contributed by atoms with Crippen molar-refractivity contribution in [2.24, 2.45) is 0 Å². The average Bonchev–Trinajstić information content (AvgIpc) is 2.33. The number of nitrogens with one attached hydrogen (secondary N) is 1. The second-order valence-electron chi connectivity index (χ2n) is 2.09. The molecule has 0 spiro atoms. The monoisotopic (exact) mass is 157 g/mol. The average molecular weight is 157 g/mol. The third-order valence-electron chi connectivity index (χ3n) is 1.17. The molecule has 1 rings (SSSR count). The Hall–Kier alpha value is -1.43. The first-order chi connectivity index (χ1) is 5.11. The van der Waals surface area contributed by atoms with Gasteiger partial charge in [-0.15, -0.1) is 0 Å². The number of nitro groups is 1. The molecule has 0 aliphatic carbocycles. The Morgan fingerprint density at radius 2 is 2.55 bits per heavy atom. The zero-order valence-electron chi connectivity index (χ0n) is 5.81. The molecule has 60 valence electrons. The molecule has 0 fully saturated rings. The van der Waals surface area contributed by atoms with Gasteiger partial charge in [0.25, 0.3) is 0 Å². The maximum absolute atomic E-state index is 10.1. The van der Waals surface area contributed by atoms with Gasteiger partial charge in [0.1, 0.15) is 12.3 Å². The number of rotatable bonds is 2. The van der Waals surface area contributed by atoms with Crippen molar-refractivity contribution >= 4 is 5.82 Å². The molecular weight excluding hydrogens is 150 g/mol. The van der Waals surface area contributed by atoms with Crippen LogP contribution in [-0.2, 0) is 0 Å². The lowest BCUT2D eigenvalue weighted by atomic mass is 10.4. The molecule has 2 N–H and O–H groups in total. The molecule has 0 saturated carbocycles. The molecule has 0 aliphatic heterocycles. The first-order valence-electron chi connectivity index (χ1n) is 2.98. The molecule has 0 amide bonds. The molecule has 1 heterocycles. The van der Waals surface area contributed by atoms with Crippen molar-refractivity contribution in [2.45, 2.75) is 13.0 Å². The van der Waals surface area contributed by atoms with Crippen molar-refractivity contribution in [1.29, 1.82) is 0 Å². The Morgan fingerprint density at radius 1 is 1.91 bits per heavy atom. The van der Waals surface area contributed by atoms with Gasteiger partial charge in [0.2, 0.25) is 5.82 Å². The highest BCUT2D eigenvalue weighted by Crippen LogP contribution is 2.11. The van der Waals surface area contributed by atoms with Gasteiger partial charge in [-0.3, -0.25) is 0 Å². The van der Waals surface area contributed by atoms with Crippen LogP contribution in [0.2, 0.25) is 0 Å². The summed E-state index contributed by atoms with van der Waals surface area (Å²) in [5.41, 5.74) is 0. The molecule has 0 radical (unpaired) electrons. The Morgan fingerprint density at radius 3 is 2.82 bits per heavy atom. The summed E-state index contributed by atoms with van der Waals surface area (Å²) in [4.78, 5) is 15.4. The first kappa shape index (κ1) is 7.67. The molecule has 6 heteroatoms. The molecule has 0 aromatic carbocycles. The number of hydrogen-bond donors (Lipinski definition) is 2. The lowest BCUT2D eigenvalue weighted by molar-refractivity contribution is -0.389. The minimum absolute atomic E-state index is 0.205. The molecular formula is C5H7N3O3. The van der Waals surface area contributed by atoms with Gasteiger partial charge < -0.3 is 15.2 Å². The normalized spacial score (nSPS) is 12.9. The smallest absolute Gasteiger partial charge is 0.340 e. The maximum atomic E-state index is 10.1. The number of aliphatic hydroxyl groups excluding tert-OH is 1. The molecule has 6 nitrogen and oxygen atoms in total. The summed E-state index contributed by atoms with van der Waals surface area (Å²) in [7, 11) is 0. The number of aromatic nitrogens is 2. The maximum Gasteiger partial charge on any atom is 0.340 e. The van der Waals surface area contributed by atoms with Crippen LogP contribution in [0.3, 0.4) is 0 Å². The van der Waals surface area contributed by atoms with Crippen molar-refractivity contribution in [1.82, 2.24) is 9.97 Å². The van der Waals surface area contributed by atoms with E-state index in [4.69, 9.17) is 5.11 Å². The van der Waals surface area contributed by atoms with Crippen LogP contribution in [0.25, 0.3) is 0 Å². The standard InChI is InChI=1S/C5H7N3O3/c1-3(9)5-6-2-4(7-5)8(10)11/h2-3,9H,1H3,(H,6,7)/t3-/m1/s1. The number of H-pyrrole nitrogens is 1. The highest BCUT2D eigenvalue weighted by molar-refractivity contribution is 5.15. The van der Waals surface area contributed by atoms with Crippen molar-refractivity contribution in [3.63, 3.8) is 0 Å². The fraction of sp³-hybridized carbons (Fsp3) is 0.400. The SMILES string of the molecule is C[C@@H](O)c1ncc([N+](=O)[O-])[nH]1. The van der Waals surface area contributed by atoms with E-state index >= 15 is 0 Å². The second kappa shape index (κ2) is 2.67. The lowest BCUT2D eigenvalue weighted by Gasteiger charge is -1.91. The predicted octanol–water partition coefficient (Wildman–Crippen LogP) is 0.371. The molecule has 1 aromatic heterocycles. The van der Waals surface area contributed by atoms with E-state index < -0.39 is 11.0 Å². The highest BCUT2D eigenvalue weighted by atomic mass is 16.6. The van der Waals surface area contributed by atoms with E-state index in [1.54, 1.807) is 0 Å². The zero-order chi connectivity index (χ0) is 8.43. The Balaban J connectivity index is 2.90. The summed E-state index contributed by atoms with van der Waals surface area (Å²) >= 11 is 0. The Labute approximate surface area is 62.0 Å². The van der Waals surface area contributed by atoms with Gasteiger partial charge in [-0.1, -0.05) is 0 Å². The number of imidazole rings is 1. The predicted molar refractivity (Wildman–Crippen MR) is 35.9 cm³/mol. The lowest BCUT2D eigenvalue weighted by Crippen LogP contribution is -1.94. The molecule has 0 unspecified atom stereocenters. The molecule has 0 saturated heterocycles. The van der Waals surface area contributed by atoms with Gasteiger partial charge >= 0.3 is 5.82 Å². The van der Waals surface area contributed by atoms with Crippen LogP contribution in [0.1, 0.15) is 18.9 Å². The van der Waals surface area contributed by atoms with Gasteiger partial charge in [0.15, 0.2) is 0 Å². The highest BCUT2D eigenvalue weighted by Gasteiger charge is 2.13. The van der Waals surface area contributed by atoms with Crippen molar-refractivity contribution < 1.29 is 10.0 Å². The van der Waals surface area contributed by atoms with Crippen LogP contribution < -0.4 is 0 Å². The molecule has 11 heavy (non-hydrogen) atoms. The summed E-state index contributed by atoms with van der Waals surface area (Å²) in [5.74, 6) is -0.00222. The molecule has 0 aliphatic rings. The number of aliphatic hydroxyl groups is 1. The van der Waals surface area contributed by atoms with E-state index in [0.717, 1.165) is 6.20 Å². The summed E-state index contributed by atoms with van der Waals surface area (Å²) in [6.45, 7) is 1.47. The first-order valence-corrected chi connectivity index (χ1v) is 2.98. The number of nitrogens with zero attached hydrogens (tertiary/aromatic N) is 2. The second-order valence-corrected chi connectivity index (χ2v) is 2.09. The fourth-order valence-corrected chi connectivity index (χ4v) is 0.632. The van der Waals surface area contributed by atoms with E-state index in [9.17, 15) is 10.1 Å². The third kappa shape index (κ3) is 1.53. The number of aromatic amines is 1. The Bertz CT molecular complexity index is 268. The van der Waals surface area contributed by atoms with Crippen LogP contribution >= 0.6 is 0 Å². The van der Waals surface area contributed by atoms with E-state index in [2.05, 4.69) is 9.97 Å². The zero-order valence-corrected chi connectivity index (χ0v) is 5.81. The van der Waals surface area contributed by atoms with Crippen LogP contribution in [0.4, 0.5) is 5.82 Å². The van der Waals surface area contributed by atoms with Crippen LogP contribution in [0.5, 0.6) is 0 Å². The van der Waals surface area contributed by atoms with Gasteiger partial charge in [-0.05, 0) is 11.8 Å². The van der Waals surface area contributed by atoms with E-state index in [1.165, 1.54) is 6.92 Å². The van der Waals surface area contributed by atoms with Crippen molar-refractivity contribution in [3.8, 4) is 0 Å². The van der Waals surface area contributed by atoms with E-state index in [0.29, 0.717) is 0 Å². The molecule has 1 atom stereocenters.